The third-order valence-corrected chi connectivity index (χ3v) is 3.51. The Morgan fingerprint density at radius 2 is 2.05 bits per heavy atom. The molecular formula is C16H13ClN4. The second kappa shape index (κ2) is 5.55. The Morgan fingerprint density at radius 1 is 1.29 bits per heavy atom. The molecule has 0 amide bonds. The summed E-state index contributed by atoms with van der Waals surface area (Å²) in [5.74, 6) is 0.785. The maximum Gasteiger partial charge on any atom is 0.132 e. The number of alkyl halides is 1. The van der Waals surface area contributed by atoms with Crippen LogP contribution in [-0.2, 0) is 6.42 Å². The summed E-state index contributed by atoms with van der Waals surface area (Å²) in [6.45, 7) is 1.90. The lowest BCUT2D eigenvalue weighted by Crippen LogP contribution is -2.02. The van der Waals surface area contributed by atoms with Crippen molar-refractivity contribution in [3.63, 3.8) is 0 Å². The number of halogens is 1. The molecule has 0 fully saturated rings. The van der Waals surface area contributed by atoms with Crippen LogP contribution in [0.4, 0.5) is 0 Å². The van der Waals surface area contributed by atoms with E-state index in [2.05, 4.69) is 16.0 Å². The first kappa shape index (κ1) is 13.6. The zero-order valence-electron chi connectivity index (χ0n) is 11.5. The highest BCUT2D eigenvalue weighted by molar-refractivity contribution is 6.20. The summed E-state index contributed by atoms with van der Waals surface area (Å²) in [4.78, 5) is 8.67. The van der Waals surface area contributed by atoms with Crippen LogP contribution < -0.4 is 0 Å². The quantitative estimate of drug-likeness (QED) is 0.691. The van der Waals surface area contributed by atoms with Crippen LogP contribution in [0.1, 0.15) is 23.7 Å². The molecule has 0 bridgehead atoms. The van der Waals surface area contributed by atoms with Crippen LogP contribution in [0.2, 0.25) is 0 Å². The summed E-state index contributed by atoms with van der Waals surface area (Å²) in [6, 6.07) is 11.9. The Labute approximate surface area is 127 Å². The first-order chi connectivity index (χ1) is 10.2. The van der Waals surface area contributed by atoms with Gasteiger partial charge < -0.3 is 0 Å². The molecule has 0 radical (unpaired) electrons. The maximum absolute atomic E-state index is 8.74. The highest BCUT2D eigenvalue weighted by Gasteiger charge is 2.16. The number of hydrogen-bond donors (Lipinski definition) is 0. The van der Waals surface area contributed by atoms with Crippen molar-refractivity contribution in [2.45, 2.75) is 18.7 Å². The molecule has 104 valence electrons. The van der Waals surface area contributed by atoms with Gasteiger partial charge in [-0.3, -0.25) is 9.55 Å². The van der Waals surface area contributed by atoms with Gasteiger partial charge in [-0.1, -0.05) is 12.1 Å². The minimum absolute atomic E-state index is 0.212. The summed E-state index contributed by atoms with van der Waals surface area (Å²) in [5, 5.41) is 8.53. The van der Waals surface area contributed by atoms with Crippen LogP contribution in [0.5, 0.6) is 0 Å². The van der Waals surface area contributed by atoms with Crippen molar-refractivity contribution >= 4 is 22.6 Å². The van der Waals surface area contributed by atoms with E-state index in [9.17, 15) is 0 Å². The molecule has 2 heterocycles. The minimum atomic E-state index is -0.212. The summed E-state index contributed by atoms with van der Waals surface area (Å²) in [6.07, 6.45) is 3.89. The number of imidazole rings is 1. The molecule has 5 heteroatoms. The van der Waals surface area contributed by atoms with Crippen molar-refractivity contribution in [3.8, 4) is 11.8 Å². The van der Waals surface area contributed by atoms with Crippen LogP contribution >= 0.6 is 11.6 Å². The minimum Gasteiger partial charge on any atom is -0.295 e. The standard InChI is InChI=1S/C16H13ClN4/c1-11(17)16-20-14-10-19-9-7-15(14)21(16)13-4-2-12(3-5-13)6-8-18/h2-5,7,9-11H,6H2,1H3. The highest BCUT2D eigenvalue weighted by atomic mass is 35.5. The van der Waals surface area contributed by atoms with Gasteiger partial charge in [-0.05, 0) is 30.7 Å². The van der Waals surface area contributed by atoms with E-state index >= 15 is 0 Å². The van der Waals surface area contributed by atoms with E-state index in [-0.39, 0.29) is 5.38 Å². The average molecular weight is 297 g/mol. The molecule has 21 heavy (non-hydrogen) atoms. The Bertz CT molecular complexity index is 812. The van der Waals surface area contributed by atoms with E-state index in [1.165, 1.54) is 0 Å². The Morgan fingerprint density at radius 3 is 2.71 bits per heavy atom. The summed E-state index contributed by atoms with van der Waals surface area (Å²) >= 11 is 6.26. The molecule has 0 aliphatic heterocycles. The number of benzene rings is 1. The van der Waals surface area contributed by atoms with Crippen molar-refractivity contribution in [2.24, 2.45) is 0 Å². The monoisotopic (exact) mass is 296 g/mol. The van der Waals surface area contributed by atoms with Gasteiger partial charge >= 0.3 is 0 Å². The van der Waals surface area contributed by atoms with E-state index in [4.69, 9.17) is 16.9 Å². The molecule has 0 saturated heterocycles. The molecule has 1 aromatic carbocycles. The highest BCUT2D eigenvalue weighted by Crippen LogP contribution is 2.27. The maximum atomic E-state index is 8.74. The van der Waals surface area contributed by atoms with Gasteiger partial charge in [0.2, 0.25) is 0 Å². The Kier molecular flexibility index (Phi) is 3.59. The largest absolute Gasteiger partial charge is 0.295 e. The van der Waals surface area contributed by atoms with Gasteiger partial charge in [0.05, 0.1) is 29.6 Å². The van der Waals surface area contributed by atoms with Crippen molar-refractivity contribution in [1.29, 1.82) is 5.26 Å². The number of hydrogen-bond acceptors (Lipinski definition) is 3. The zero-order valence-corrected chi connectivity index (χ0v) is 12.2. The van der Waals surface area contributed by atoms with Crippen LogP contribution in [-0.4, -0.2) is 14.5 Å². The molecule has 3 rings (SSSR count). The lowest BCUT2D eigenvalue weighted by molar-refractivity contribution is 0.882. The van der Waals surface area contributed by atoms with Crippen molar-refractivity contribution in [2.75, 3.05) is 0 Å². The van der Waals surface area contributed by atoms with Gasteiger partial charge in [0, 0.05) is 11.9 Å². The number of nitrogens with zero attached hydrogens (tertiary/aromatic N) is 4. The van der Waals surface area contributed by atoms with Crippen molar-refractivity contribution in [3.05, 3.63) is 54.1 Å². The molecule has 0 saturated carbocycles. The lowest BCUT2D eigenvalue weighted by Gasteiger charge is -2.11. The molecule has 0 N–H and O–H groups in total. The normalized spacial score (nSPS) is 12.2. The zero-order chi connectivity index (χ0) is 14.8. The van der Waals surface area contributed by atoms with Crippen LogP contribution in [0, 0.1) is 11.3 Å². The second-order valence-corrected chi connectivity index (χ2v) is 5.44. The van der Waals surface area contributed by atoms with Gasteiger partial charge in [-0.25, -0.2) is 4.98 Å². The number of pyridine rings is 1. The molecule has 0 aliphatic carbocycles. The third kappa shape index (κ3) is 2.48. The smallest absolute Gasteiger partial charge is 0.132 e. The van der Waals surface area contributed by atoms with E-state index in [1.54, 1.807) is 12.4 Å². The molecule has 1 atom stereocenters. The van der Waals surface area contributed by atoms with E-state index < -0.39 is 0 Å². The molecule has 4 nitrogen and oxygen atoms in total. The lowest BCUT2D eigenvalue weighted by atomic mass is 10.1. The summed E-state index contributed by atoms with van der Waals surface area (Å²) in [7, 11) is 0. The number of fused-ring (bicyclic) bond motifs is 1. The first-order valence-corrected chi connectivity index (χ1v) is 7.07. The molecule has 3 aromatic rings. The average Bonchev–Trinajstić information content (AvgIpc) is 2.88. The van der Waals surface area contributed by atoms with Gasteiger partial charge in [-0.2, -0.15) is 5.26 Å². The fourth-order valence-electron chi connectivity index (χ4n) is 2.34. The molecule has 2 aromatic heterocycles. The van der Waals surface area contributed by atoms with Crippen molar-refractivity contribution < 1.29 is 0 Å². The molecule has 0 spiro atoms. The van der Waals surface area contributed by atoms with Gasteiger partial charge in [0.25, 0.3) is 0 Å². The predicted molar refractivity (Wildman–Crippen MR) is 82.5 cm³/mol. The van der Waals surface area contributed by atoms with Gasteiger partial charge in [-0.15, -0.1) is 11.6 Å². The summed E-state index contributed by atoms with van der Waals surface area (Å²) in [5.41, 5.74) is 3.77. The fraction of sp³-hybridized carbons (Fsp3) is 0.188. The van der Waals surface area contributed by atoms with E-state index in [0.717, 1.165) is 28.1 Å². The predicted octanol–water partition coefficient (Wildman–Crippen LogP) is 3.79. The van der Waals surface area contributed by atoms with Crippen LogP contribution in [0.25, 0.3) is 16.7 Å². The van der Waals surface area contributed by atoms with Gasteiger partial charge in [0.1, 0.15) is 11.3 Å². The molecule has 1 unspecified atom stereocenters. The molecular weight excluding hydrogens is 284 g/mol. The van der Waals surface area contributed by atoms with Crippen LogP contribution in [0.3, 0.4) is 0 Å². The first-order valence-electron chi connectivity index (χ1n) is 6.63. The number of rotatable bonds is 3. The fourth-order valence-corrected chi connectivity index (χ4v) is 2.49. The van der Waals surface area contributed by atoms with Gasteiger partial charge in [0.15, 0.2) is 0 Å². The Balaban J connectivity index is 2.18. The van der Waals surface area contributed by atoms with E-state index in [0.29, 0.717) is 6.42 Å². The second-order valence-electron chi connectivity index (χ2n) is 4.79. The SMILES string of the molecule is CC(Cl)c1nc2cnccc2n1-c1ccc(CC#N)cc1. The third-order valence-electron chi connectivity index (χ3n) is 3.32. The van der Waals surface area contributed by atoms with E-state index in [1.807, 2.05) is 41.8 Å². The topological polar surface area (TPSA) is 54.5 Å². The Hall–Kier alpha value is -2.38. The number of nitriles is 1. The molecule has 0 aliphatic rings. The van der Waals surface area contributed by atoms with Crippen molar-refractivity contribution in [1.82, 2.24) is 14.5 Å². The number of aromatic nitrogens is 3. The van der Waals surface area contributed by atoms with Crippen LogP contribution in [0.15, 0.2) is 42.7 Å². The summed E-state index contributed by atoms with van der Waals surface area (Å²) < 4.78 is 2.03.